The summed E-state index contributed by atoms with van der Waals surface area (Å²) in [5.41, 5.74) is 1.24. The maximum absolute atomic E-state index is 5.91. The molecule has 112 valence electrons. The third kappa shape index (κ3) is 4.23. The second-order valence-corrected chi connectivity index (χ2v) is 4.83. The summed E-state index contributed by atoms with van der Waals surface area (Å²) in [6.45, 7) is 4.81. The molecule has 0 fully saturated rings. The van der Waals surface area contributed by atoms with E-state index in [1.165, 1.54) is 5.56 Å². The van der Waals surface area contributed by atoms with Gasteiger partial charge in [-0.25, -0.2) is 0 Å². The van der Waals surface area contributed by atoms with Crippen LogP contribution in [0.5, 0.6) is 17.2 Å². The second kappa shape index (κ2) is 7.70. The summed E-state index contributed by atoms with van der Waals surface area (Å²) in [5.74, 6) is 2.53. The molecule has 3 nitrogen and oxygen atoms in total. The van der Waals surface area contributed by atoms with Crippen LogP contribution in [0.25, 0.3) is 0 Å². The average molecular weight is 285 g/mol. The molecule has 0 aliphatic carbocycles. The molecule has 1 N–H and O–H groups in total. The number of rotatable bonds is 7. The molecule has 2 aromatic rings. The minimum atomic E-state index is 0.355. The minimum absolute atomic E-state index is 0.355. The van der Waals surface area contributed by atoms with Gasteiger partial charge in [0.1, 0.15) is 17.2 Å². The first-order chi connectivity index (χ1) is 10.3. The van der Waals surface area contributed by atoms with Crippen molar-refractivity contribution in [2.24, 2.45) is 0 Å². The minimum Gasteiger partial charge on any atom is -0.494 e. The summed E-state index contributed by atoms with van der Waals surface area (Å²) in [4.78, 5) is 0. The summed E-state index contributed by atoms with van der Waals surface area (Å²) in [5, 5.41) is 3.31. The summed E-state index contributed by atoms with van der Waals surface area (Å²) in [6, 6.07) is 16.3. The fourth-order valence-electron chi connectivity index (χ4n) is 2.31. The van der Waals surface area contributed by atoms with E-state index in [9.17, 15) is 0 Å². The van der Waals surface area contributed by atoms with Crippen LogP contribution in [-0.4, -0.2) is 13.7 Å². The van der Waals surface area contributed by atoms with Gasteiger partial charge in [-0.15, -0.1) is 0 Å². The molecule has 0 bridgehead atoms. The highest BCUT2D eigenvalue weighted by Gasteiger charge is 2.07. The van der Waals surface area contributed by atoms with Crippen molar-refractivity contribution in [2.45, 2.75) is 26.3 Å². The molecule has 0 amide bonds. The Bertz CT molecular complexity index is 547. The Morgan fingerprint density at radius 1 is 0.952 bits per heavy atom. The van der Waals surface area contributed by atoms with Gasteiger partial charge < -0.3 is 14.8 Å². The van der Waals surface area contributed by atoms with Crippen molar-refractivity contribution >= 4 is 0 Å². The summed E-state index contributed by atoms with van der Waals surface area (Å²) >= 11 is 0. The van der Waals surface area contributed by atoms with Crippen molar-refractivity contribution < 1.29 is 9.47 Å². The smallest absolute Gasteiger partial charge is 0.127 e. The van der Waals surface area contributed by atoms with Crippen LogP contribution in [0.15, 0.2) is 48.5 Å². The Kier molecular flexibility index (Phi) is 5.64. The highest BCUT2D eigenvalue weighted by atomic mass is 16.5. The number of hydrogen-bond donors (Lipinski definition) is 1. The highest BCUT2D eigenvalue weighted by Crippen LogP contribution is 2.27. The van der Waals surface area contributed by atoms with Crippen LogP contribution in [0.4, 0.5) is 0 Å². The van der Waals surface area contributed by atoms with Crippen LogP contribution in [0, 0.1) is 0 Å². The van der Waals surface area contributed by atoms with Crippen LogP contribution >= 0.6 is 0 Å². The molecule has 1 atom stereocenters. The van der Waals surface area contributed by atoms with Gasteiger partial charge >= 0.3 is 0 Å². The predicted octanol–water partition coefficient (Wildman–Crippen LogP) is 4.55. The molecular weight excluding hydrogens is 262 g/mol. The molecule has 2 rings (SSSR count). The molecule has 21 heavy (non-hydrogen) atoms. The van der Waals surface area contributed by atoms with E-state index >= 15 is 0 Å². The zero-order valence-electron chi connectivity index (χ0n) is 12.9. The maximum atomic E-state index is 5.91. The van der Waals surface area contributed by atoms with E-state index in [4.69, 9.17) is 9.47 Å². The molecule has 3 heteroatoms. The molecule has 0 aliphatic rings. The van der Waals surface area contributed by atoms with Crippen LogP contribution < -0.4 is 14.8 Å². The Morgan fingerprint density at radius 3 is 2.29 bits per heavy atom. The van der Waals surface area contributed by atoms with E-state index in [0.29, 0.717) is 12.6 Å². The Morgan fingerprint density at radius 2 is 1.67 bits per heavy atom. The van der Waals surface area contributed by atoms with Gasteiger partial charge in [-0.2, -0.15) is 0 Å². The van der Waals surface area contributed by atoms with Gasteiger partial charge in [0, 0.05) is 6.04 Å². The van der Waals surface area contributed by atoms with Crippen molar-refractivity contribution in [1.29, 1.82) is 0 Å². The van der Waals surface area contributed by atoms with Crippen LogP contribution in [-0.2, 0) is 0 Å². The van der Waals surface area contributed by atoms with Crippen LogP contribution in [0.1, 0.15) is 31.9 Å². The zero-order chi connectivity index (χ0) is 15.1. The van der Waals surface area contributed by atoms with Crippen molar-refractivity contribution in [1.82, 2.24) is 5.32 Å². The van der Waals surface area contributed by atoms with E-state index in [1.54, 1.807) is 0 Å². The molecule has 2 aromatic carbocycles. The first kappa shape index (κ1) is 15.4. The predicted molar refractivity (Wildman–Crippen MR) is 86.2 cm³/mol. The van der Waals surface area contributed by atoms with Crippen LogP contribution in [0.2, 0.25) is 0 Å². The summed E-state index contributed by atoms with van der Waals surface area (Å²) < 4.78 is 11.3. The van der Waals surface area contributed by atoms with E-state index in [-0.39, 0.29) is 0 Å². The Balaban J connectivity index is 2.10. The lowest BCUT2D eigenvalue weighted by Gasteiger charge is -2.15. The zero-order valence-corrected chi connectivity index (χ0v) is 12.9. The molecule has 0 aromatic heterocycles. The van der Waals surface area contributed by atoms with Crippen molar-refractivity contribution in [3.05, 3.63) is 54.1 Å². The van der Waals surface area contributed by atoms with Gasteiger partial charge in [-0.1, -0.05) is 19.1 Å². The lowest BCUT2D eigenvalue weighted by molar-refractivity contribution is 0.339. The van der Waals surface area contributed by atoms with E-state index in [0.717, 1.165) is 23.7 Å². The van der Waals surface area contributed by atoms with E-state index in [2.05, 4.69) is 24.4 Å². The third-order valence-electron chi connectivity index (χ3n) is 3.39. The SMILES string of the molecule is CCOc1ccc(Oc2cccc(C(CC)NC)c2)cc1. The fraction of sp³-hybridized carbons (Fsp3) is 0.333. The standard InChI is InChI=1S/C18H23NO2/c1-4-18(19-3)14-7-6-8-17(13-14)21-16-11-9-15(10-12-16)20-5-2/h6-13,18-19H,4-5H2,1-3H3. The molecule has 0 spiro atoms. The van der Waals surface area contributed by atoms with E-state index in [1.807, 2.05) is 50.4 Å². The molecule has 0 radical (unpaired) electrons. The van der Waals surface area contributed by atoms with Crippen molar-refractivity contribution in [2.75, 3.05) is 13.7 Å². The summed E-state index contributed by atoms with van der Waals surface area (Å²) in [6.07, 6.45) is 1.04. The quantitative estimate of drug-likeness (QED) is 0.809. The fourth-order valence-corrected chi connectivity index (χ4v) is 2.31. The van der Waals surface area contributed by atoms with Gasteiger partial charge in [0.05, 0.1) is 6.61 Å². The van der Waals surface area contributed by atoms with Crippen molar-refractivity contribution in [3.63, 3.8) is 0 Å². The number of nitrogens with one attached hydrogen (secondary N) is 1. The van der Waals surface area contributed by atoms with Crippen molar-refractivity contribution in [3.8, 4) is 17.2 Å². The van der Waals surface area contributed by atoms with Gasteiger partial charge in [0.15, 0.2) is 0 Å². The second-order valence-electron chi connectivity index (χ2n) is 4.83. The third-order valence-corrected chi connectivity index (χ3v) is 3.39. The first-order valence-electron chi connectivity index (χ1n) is 7.44. The summed E-state index contributed by atoms with van der Waals surface area (Å²) in [7, 11) is 1.98. The molecular formula is C18H23NO2. The normalized spacial score (nSPS) is 12.0. The topological polar surface area (TPSA) is 30.5 Å². The molecule has 1 unspecified atom stereocenters. The lowest BCUT2D eigenvalue weighted by Crippen LogP contribution is -2.14. The lowest BCUT2D eigenvalue weighted by atomic mass is 10.0. The van der Waals surface area contributed by atoms with Crippen LogP contribution in [0.3, 0.4) is 0 Å². The first-order valence-corrected chi connectivity index (χ1v) is 7.44. The van der Waals surface area contributed by atoms with Gasteiger partial charge in [-0.05, 0) is 62.4 Å². The van der Waals surface area contributed by atoms with Gasteiger partial charge in [0.2, 0.25) is 0 Å². The number of hydrogen-bond acceptors (Lipinski definition) is 3. The number of ether oxygens (including phenoxy) is 2. The molecule has 0 saturated heterocycles. The number of benzene rings is 2. The van der Waals surface area contributed by atoms with Gasteiger partial charge in [-0.3, -0.25) is 0 Å². The molecule has 0 heterocycles. The average Bonchev–Trinajstić information content (AvgIpc) is 2.51. The molecule has 0 aliphatic heterocycles. The Hall–Kier alpha value is -2.00. The maximum Gasteiger partial charge on any atom is 0.127 e. The van der Waals surface area contributed by atoms with E-state index < -0.39 is 0 Å². The molecule has 0 saturated carbocycles. The monoisotopic (exact) mass is 285 g/mol. The largest absolute Gasteiger partial charge is 0.494 e. The van der Waals surface area contributed by atoms with Gasteiger partial charge in [0.25, 0.3) is 0 Å². The Labute approximate surface area is 126 Å². The highest BCUT2D eigenvalue weighted by molar-refractivity contribution is 5.37.